The van der Waals surface area contributed by atoms with E-state index in [0.717, 1.165) is 37.5 Å². The first-order valence-electron chi connectivity index (χ1n) is 13.1. The molecule has 5 rings (SSSR count). The van der Waals surface area contributed by atoms with Gasteiger partial charge in [0.05, 0.1) is 11.2 Å². The summed E-state index contributed by atoms with van der Waals surface area (Å²) in [6, 6.07) is 11.5. The zero-order chi connectivity index (χ0) is 26.8. The van der Waals surface area contributed by atoms with Crippen LogP contribution in [0.5, 0.6) is 0 Å². The second-order valence-electron chi connectivity index (χ2n) is 11.0. The van der Waals surface area contributed by atoms with Crippen LogP contribution in [0.4, 0.5) is 0 Å². The normalized spacial score (nSPS) is 21.9. The predicted octanol–water partition coefficient (Wildman–Crippen LogP) is 7.67. The number of benzene rings is 1. The van der Waals surface area contributed by atoms with E-state index >= 15 is 0 Å². The molecule has 0 spiro atoms. The standard InChI is InChI=1S/C23H29BO3S.C8H8O/c1-15-19(13-21(28-15)17-11-9-16(14-25)10-12-17)18-7-6-8-20(18)24-26-22(2,3)23(4,5)27-24;1-7(9)8-5-3-2-4-6-8/h9,11-14,16H,6-8,10H2,1-5H3;2-6H,1H3. The third-order valence-electron chi connectivity index (χ3n) is 7.81. The van der Waals surface area contributed by atoms with Crippen molar-refractivity contribution in [3.8, 4) is 0 Å². The molecule has 4 nitrogen and oxygen atoms in total. The highest BCUT2D eigenvalue weighted by molar-refractivity contribution is 7.13. The van der Waals surface area contributed by atoms with E-state index in [9.17, 15) is 9.59 Å². The van der Waals surface area contributed by atoms with Gasteiger partial charge in [-0.15, -0.1) is 11.3 Å². The van der Waals surface area contributed by atoms with Crippen LogP contribution in [0.25, 0.3) is 11.1 Å². The van der Waals surface area contributed by atoms with Gasteiger partial charge in [0.1, 0.15) is 6.29 Å². The average Bonchev–Trinajstić information content (AvgIpc) is 3.55. The number of aryl methyl sites for hydroxylation is 1. The van der Waals surface area contributed by atoms with Gasteiger partial charge >= 0.3 is 7.12 Å². The molecule has 6 heteroatoms. The molecular weight excluding hydrogens is 479 g/mol. The molecule has 1 aliphatic heterocycles. The number of allylic oxidation sites excluding steroid dienone is 6. The summed E-state index contributed by atoms with van der Waals surface area (Å²) < 4.78 is 12.7. The molecule has 1 atom stereocenters. The molecule has 0 amide bonds. The fourth-order valence-corrected chi connectivity index (χ4v) is 5.91. The Morgan fingerprint density at radius 1 is 1.08 bits per heavy atom. The Bertz CT molecular complexity index is 1230. The SMILES string of the molecule is CC(=O)c1ccccc1.Cc1sc(C2=CCC(C=O)C=C2)cc1C1=C(B2OC(C)(C)C(C)(C)O2)CCC1. The minimum Gasteiger partial charge on any atom is -0.400 e. The first kappa shape index (κ1) is 27.5. The highest BCUT2D eigenvalue weighted by atomic mass is 32.1. The number of carbonyl (C=O) groups excluding carboxylic acids is 2. The van der Waals surface area contributed by atoms with E-state index in [2.05, 4.69) is 52.8 Å². The number of hydrogen-bond acceptors (Lipinski definition) is 5. The summed E-state index contributed by atoms with van der Waals surface area (Å²) in [6.45, 7) is 12.2. The lowest BCUT2D eigenvalue weighted by molar-refractivity contribution is -0.109. The molecule has 3 aliphatic rings. The van der Waals surface area contributed by atoms with Crippen LogP contribution >= 0.6 is 11.3 Å². The highest BCUT2D eigenvalue weighted by Gasteiger charge is 2.53. The molecule has 1 saturated heterocycles. The second-order valence-corrected chi connectivity index (χ2v) is 12.3. The van der Waals surface area contributed by atoms with Gasteiger partial charge in [-0.2, -0.15) is 0 Å². The molecule has 0 bridgehead atoms. The maximum absolute atomic E-state index is 11.0. The molecule has 0 N–H and O–H groups in total. The Hall–Kier alpha value is -2.54. The number of hydrogen-bond donors (Lipinski definition) is 0. The number of carbonyl (C=O) groups is 2. The van der Waals surface area contributed by atoms with E-state index in [-0.39, 0.29) is 30.0 Å². The molecule has 2 aromatic rings. The molecule has 37 heavy (non-hydrogen) atoms. The number of aldehydes is 1. The van der Waals surface area contributed by atoms with E-state index < -0.39 is 0 Å². The van der Waals surface area contributed by atoms with Gasteiger partial charge in [-0.25, -0.2) is 0 Å². The monoisotopic (exact) mass is 516 g/mol. The van der Waals surface area contributed by atoms with Gasteiger partial charge < -0.3 is 14.1 Å². The zero-order valence-corrected chi connectivity index (χ0v) is 23.6. The van der Waals surface area contributed by atoms with Crippen molar-refractivity contribution < 1.29 is 18.9 Å². The number of Topliss-reactive ketones (excluding diaryl/α,β-unsaturated/α-hetero) is 1. The van der Waals surface area contributed by atoms with Crippen molar-refractivity contribution in [2.45, 2.75) is 78.4 Å². The summed E-state index contributed by atoms with van der Waals surface area (Å²) in [6.07, 6.45) is 11.4. The molecule has 1 aromatic heterocycles. The number of ketones is 1. The van der Waals surface area contributed by atoms with E-state index in [1.165, 1.54) is 31.9 Å². The van der Waals surface area contributed by atoms with E-state index in [1.54, 1.807) is 6.92 Å². The smallest absolute Gasteiger partial charge is 0.400 e. The lowest BCUT2D eigenvalue weighted by atomic mass is 9.74. The molecule has 2 aliphatic carbocycles. The summed E-state index contributed by atoms with van der Waals surface area (Å²) in [5, 5.41) is 0. The molecular formula is C31H37BO4S. The largest absolute Gasteiger partial charge is 0.490 e. The summed E-state index contributed by atoms with van der Waals surface area (Å²) in [7, 11) is -0.243. The summed E-state index contributed by atoms with van der Waals surface area (Å²) in [4.78, 5) is 24.2. The van der Waals surface area contributed by atoms with Gasteiger partial charge in [-0.05, 0) is 95.5 Å². The first-order chi connectivity index (χ1) is 17.5. The Morgan fingerprint density at radius 2 is 1.76 bits per heavy atom. The van der Waals surface area contributed by atoms with Crippen LogP contribution < -0.4 is 0 Å². The van der Waals surface area contributed by atoms with Gasteiger partial charge in [0.15, 0.2) is 5.78 Å². The minimum absolute atomic E-state index is 0.0248. The van der Waals surface area contributed by atoms with Crippen LogP contribution in [0.1, 0.15) is 86.0 Å². The van der Waals surface area contributed by atoms with E-state index in [4.69, 9.17) is 9.31 Å². The molecule has 1 aromatic carbocycles. The van der Waals surface area contributed by atoms with Gasteiger partial charge in [0.2, 0.25) is 0 Å². The van der Waals surface area contributed by atoms with Crippen molar-refractivity contribution in [3.63, 3.8) is 0 Å². The molecule has 194 valence electrons. The first-order valence-corrected chi connectivity index (χ1v) is 13.9. The van der Waals surface area contributed by atoms with Gasteiger partial charge in [0.25, 0.3) is 0 Å². The van der Waals surface area contributed by atoms with Crippen LogP contribution in [0.3, 0.4) is 0 Å². The van der Waals surface area contributed by atoms with Gasteiger partial charge in [-0.1, -0.05) is 48.6 Å². The lowest BCUT2D eigenvalue weighted by Crippen LogP contribution is -2.41. The number of rotatable bonds is 5. The van der Waals surface area contributed by atoms with Crippen LogP contribution in [0, 0.1) is 12.8 Å². The quantitative estimate of drug-likeness (QED) is 0.232. The summed E-state index contributed by atoms with van der Waals surface area (Å²) in [5.41, 5.74) is 5.46. The van der Waals surface area contributed by atoms with Crippen molar-refractivity contribution in [3.05, 3.63) is 81.0 Å². The van der Waals surface area contributed by atoms with Gasteiger partial charge in [-0.3, -0.25) is 4.79 Å². The molecule has 1 unspecified atom stereocenters. The highest BCUT2D eigenvalue weighted by Crippen LogP contribution is 2.46. The van der Waals surface area contributed by atoms with Crippen molar-refractivity contribution >= 4 is 41.7 Å². The molecule has 1 fully saturated rings. The maximum atomic E-state index is 11.0. The fourth-order valence-electron chi connectivity index (χ4n) is 4.84. The Morgan fingerprint density at radius 3 is 2.30 bits per heavy atom. The maximum Gasteiger partial charge on any atom is 0.490 e. The van der Waals surface area contributed by atoms with Gasteiger partial charge in [0, 0.05) is 21.2 Å². The minimum atomic E-state index is -0.306. The summed E-state index contributed by atoms with van der Waals surface area (Å²) in [5.74, 6) is 0.146. The number of thiophene rings is 1. The summed E-state index contributed by atoms with van der Waals surface area (Å²) >= 11 is 1.84. The Kier molecular flexibility index (Phi) is 8.22. The lowest BCUT2D eigenvalue weighted by Gasteiger charge is -2.32. The van der Waals surface area contributed by atoms with Crippen molar-refractivity contribution in [1.29, 1.82) is 0 Å². The van der Waals surface area contributed by atoms with E-state index in [0.29, 0.717) is 0 Å². The van der Waals surface area contributed by atoms with Crippen LogP contribution in [-0.2, 0) is 14.1 Å². The fraction of sp³-hybridized carbons (Fsp3) is 0.419. The topological polar surface area (TPSA) is 52.6 Å². The van der Waals surface area contributed by atoms with Crippen molar-refractivity contribution in [2.24, 2.45) is 5.92 Å². The third-order valence-corrected chi connectivity index (χ3v) is 8.91. The van der Waals surface area contributed by atoms with E-state index in [1.807, 2.05) is 47.7 Å². The average molecular weight is 517 g/mol. The van der Waals surface area contributed by atoms with Crippen molar-refractivity contribution in [1.82, 2.24) is 0 Å². The second kappa shape index (κ2) is 11.1. The molecule has 0 radical (unpaired) electrons. The van der Waals surface area contributed by atoms with Crippen LogP contribution in [-0.4, -0.2) is 30.4 Å². The molecule has 0 saturated carbocycles. The van der Waals surface area contributed by atoms with Crippen molar-refractivity contribution in [2.75, 3.05) is 0 Å². The predicted molar refractivity (Wildman–Crippen MR) is 154 cm³/mol. The zero-order valence-electron chi connectivity index (χ0n) is 22.8. The molecule has 2 heterocycles. The van der Waals surface area contributed by atoms with Crippen LogP contribution in [0.15, 0.2) is 60.1 Å². The van der Waals surface area contributed by atoms with Crippen LogP contribution in [0.2, 0.25) is 0 Å². The third kappa shape index (κ3) is 5.98. The Labute approximate surface area is 225 Å². The Balaban J connectivity index is 0.000000301.